The monoisotopic (exact) mass is 321 g/mol. The van der Waals surface area contributed by atoms with Crippen LogP contribution < -0.4 is 0 Å². The number of aromatic nitrogens is 3. The van der Waals surface area contributed by atoms with Gasteiger partial charge < -0.3 is 4.57 Å². The summed E-state index contributed by atoms with van der Waals surface area (Å²) >= 11 is 12.1. The maximum atomic E-state index is 13.7. The van der Waals surface area contributed by atoms with E-state index in [9.17, 15) is 4.39 Å². The first kappa shape index (κ1) is 13.0. The molecule has 1 aliphatic rings. The fourth-order valence-electron chi connectivity index (χ4n) is 2.54. The van der Waals surface area contributed by atoms with Gasteiger partial charge in [0.25, 0.3) is 0 Å². The molecule has 3 aromatic rings. The van der Waals surface area contributed by atoms with Crippen LogP contribution in [0.1, 0.15) is 18.9 Å². The number of hydrogen-bond acceptors (Lipinski definition) is 2. The Morgan fingerprint density at radius 2 is 2.00 bits per heavy atom. The first-order valence-corrected chi connectivity index (χ1v) is 7.37. The van der Waals surface area contributed by atoms with Gasteiger partial charge in [-0.2, -0.15) is 0 Å². The lowest BCUT2D eigenvalue weighted by molar-refractivity contribution is 0.629. The molecule has 0 bridgehead atoms. The minimum atomic E-state index is -0.461. The van der Waals surface area contributed by atoms with Crippen LogP contribution in [0, 0.1) is 5.82 Å². The van der Waals surface area contributed by atoms with E-state index in [-0.39, 0.29) is 5.02 Å². The van der Waals surface area contributed by atoms with Gasteiger partial charge in [0.15, 0.2) is 0 Å². The molecule has 1 saturated carbocycles. The lowest BCUT2D eigenvalue weighted by Gasteiger charge is -2.08. The summed E-state index contributed by atoms with van der Waals surface area (Å²) in [7, 11) is 0. The lowest BCUT2D eigenvalue weighted by Crippen LogP contribution is -1.98. The van der Waals surface area contributed by atoms with Crippen LogP contribution >= 0.6 is 23.2 Å². The Balaban J connectivity index is 2.05. The minimum absolute atomic E-state index is 0.108. The molecular formula is C15H10Cl2FN3. The van der Waals surface area contributed by atoms with Crippen LogP contribution in [0.15, 0.2) is 30.6 Å². The summed E-state index contributed by atoms with van der Waals surface area (Å²) in [5.74, 6) is 0.276. The van der Waals surface area contributed by atoms with Gasteiger partial charge in [-0.05, 0) is 25.0 Å². The number of imidazole rings is 1. The molecule has 6 heteroatoms. The maximum absolute atomic E-state index is 13.7. The van der Waals surface area contributed by atoms with E-state index in [1.54, 1.807) is 18.5 Å². The highest BCUT2D eigenvalue weighted by Gasteiger charge is 2.29. The van der Waals surface area contributed by atoms with Crippen LogP contribution in [0.2, 0.25) is 10.0 Å². The number of fused-ring (bicyclic) bond motifs is 1. The zero-order chi connectivity index (χ0) is 14.6. The maximum Gasteiger partial charge on any atom is 0.144 e. The topological polar surface area (TPSA) is 30.7 Å². The lowest BCUT2D eigenvalue weighted by atomic mass is 10.2. The second-order valence-corrected chi connectivity index (χ2v) is 5.96. The number of halogens is 3. The summed E-state index contributed by atoms with van der Waals surface area (Å²) in [5, 5.41) is 0.637. The van der Waals surface area contributed by atoms with Crippen LogP contribution in [-0.2, 0) is 0 Å². The van der Waals surface area contributed by atoms with E-state index in [2.05, 4.69) is 14.5 Å². The smallest absolute Gasteiger partial charge is 0.144 e. The Bertz CT molecular complexity index is 855. The van der Waals surface area contributed by atoms with Crippen molar-refractivity contribution in [3.8, 4) is 11.4 Å². The number of benzene rings is 1. The van der Waals surface area contributed by atoms with Crippen molar-refractivity contribution in [3.63, 3.8) is 0 Å². The van der Waals surface area contributed by atoms with Crippen molar-refractivity contribution in [2.45, 2.75) is 18.9 Å². The zero-order valence-corrected chi connectivity index (χ0v) is 12.4. The average Bonchev–Trinajstić information content (AvgIpc) is 3.23. The fraction of sp³-hybridized carbons (Fsp3) is 0.200. The van der Waals surface area contributed by atoms with Crippen LogP contribution in [0.5, 0.6) is 0 Å². The van der Waals surface area contributed by atoms with E-state index in [1.165, 1.54) is 6.07 Å². The molecule has 0 radical (unpaired) electrons. The second kappa shape index (κ2) is 4.68. The Hall–Kier alpha value is -1.65. The number of rotatable bonds is 2. The molecule has 21 heavy (non-hydrogen) atoms. The molecule has 106 valence electrons. The van der Waals surface area contributed by atoms with Gasteiger partial charge in [-0.3, -0.25) is 4.98 Å². The third kappa shape index (κ3) is 2.10. The minimum Gasteiger partial charge on any atom is -0.321 e. The molecule has 2 aromatic heterocycles. The molecule has 0 unspecified atom stereocenters. The van der Waals surface area contributed by atoms with Gasteiger partial charge in [-0.15, -0.1) is 0 Å². The molecule has 0 N–H and O–H groups in total. The van der Waals surface area contributed by atoms with E-state index in [0.717, 1.165) is 29.7 Å². The SMILES string of the molecule is Fc1cc2nc(-c3ccncc3Cl)n(C3CC3)c2cc1Cl. The molecule has 1 aromatic carbocycles. The highest BCUT2D eigenvalue weighted by Crippen LogP contribution is 2.42. The van der Waals surface area contributed by atoms with Gasteiger partial charge in [-0.1, -0.05) is 23.2 Å². The molecule has 0 amide bonds. The van der Waals surface area contributed by atoms with Crippen molar-refractivity contribution in [1.82, 2.24) is 14.5 Å². The van der Waals surface area contributed by atoms with E-state index in [0.29, 0.717) is 16.6 Å². The molecule has 1 fully saturated rings. The standard InChI is InChI=1S/C15H10Cl2FN3/c16-10-5-14-13(6-12(10)18)20-15(21(14)8-1-2-8)9-3-4-19-7-11(9)17/h3-8H,1-2H2. The summed E-state index contributed by atoms with van der Waals surface area (Å²) in [6, 6.07) is 5.20. The van der Waals surface area contributed by atoms with Gasteiger partial charge in [0.05, 0.1) is 21.1 Å². The Morgan fingerprint density at radius 1 is 1.19 bits per heavy atom. The molecule has 0 spiro atoms. The van der Waals surface area contributed by atoms with Crippen molar-refractivity contribution in [3.05, 3.63) is 46.5 Å². The van der Waals surface area contributed by atoms with E-state index < -0.39 is 5.82 Å². The average molecular weight is 322 g/mol. The Kier molecular flexibility index (Phi) is 2.91. The third-order valence-corrected chi connectivity index (χ3v) is 4.25. The van der Waals surface area contributed by atoms with E-state index >= 15 is 0 Å². The highest BCUT2D eigenvalue weighted by atomic mass is 35.5. The Morgan fingerprint density at radius 3 is 2.71 bits per heavy atom. The molecule has 0 saturated heterocycles. The van der Waals surface area contributed by atoms with Gasteiger partial charge in [0.2, 0.25) is 0 Å². The number of pyridine rings is 1. The first-order chi connectivity index (χ1) is 10.1. The van der Waals surface area contributed by atoms with Gasteiger partial charge in [-0.25, -0.2) is 9.37 Å². The summed E-state index contributed by atoms with van der Waals surface area (Å²) in [4.78, 5) is 8.55. The predicted molar refractivity (Wildman–Crippen MR) is 81.2 cm³/mol. The third-order valence-electron chi connectivity index (χ3n) is 3.66. The van der Waals surface area contributed by atoms with E-state index in [4.69, 9.17) is 23.2 Å². The van der Waals surface area contributed by atoms with Gasteiger partial charge in [0.1, 0.15) is 11.6 Å². The molecule has 0 atom stereocenters. The summed E-state index contributed by atoms with van der Waals surface area (Å²) in [6.45, 7) is 0. The van der Waals surface area contributed by atoms with Gasteiger partial charge in [0, 0.05) is 30.1 Å². The van der Waals surface area contributed by atoms with E-state index in [1.807, 2.05) is 6.07 Å². The largest absolute Gasteiger partial charge is 0.321 e. The molecule has 1 aliphatic carbocycles. The highest BCUT2D eigenvalue weighted by molar-refractivity contribution is 6.33. The predicted octanol–water partition coefficient (Wildman–Crippen LogP) is 4.88. The van der Waals surface area contributed by atoms with Crippen LogP contribution in [0.4, 0.5) is 4.39 Å². The van der Waals surface area contributed by atoms with Crippen molar-refractivity contribution < 1.29 is 4.39 Å². The first-order valence-electron chi connectivity index (χ1n) is 6.62. The second-order valence-electron chi connectivity index (χ2n) is 5.15. The summed E-state index contributed by atoms with van der Waals surface area (Å²) in [5.41, 5.74) is 2.23. The summed E-state index contributed by atoms with van der Waals surface area (Å²) in [6.07, 6.45) is 5.42. The molecule has 4 rings (SSSR count). The van der Waals surface area contributed by atoms with Crippen molar-refractivity contribution in [2.75, 3.05) is 0 Å². The number of nitrogens with zero attached hydrogens (tertiary/aromatic N) is 3. The Labute approximate surface area is 130 Å². The van der Waals surface area contributed by atoms with Crippen LogP contribution in [-0.4, -0.2) is 14.5 Å². The summed E-state index contributed by atoms with van der Waals surface area (Å²) < 4.78 is 15.8. The quantitative estimate of drug-likeness (QED) is 0.673. The molecular weight excluding hydrogens is 312 g/mol. The zero-order valence-electron chi connectivity index (χ0n) is 10.9. The normalized spacial score (nSPS) is 14.8. The van der Waals surface area contributed by atoms with Crippen LogP contribution in [0.25, 0.3) is 22.4 Å². The van der Waals surface area contributed by atoms with Crippen molar-refractivity contribution >= 4 is 34.2 Å². The molecule has 3 nitrogen and oxygen atoms in total. The van der Waals surface area contributed by atoms with Crippen LogP contribution in [0.3, 0.4) is 0 Å². The fourth-order valence-corrected chi connectivity index (χ4v) is 2.90. The molecule has 2 heterocycles. The van der Waals surface area contributed by atoms with Crippen molar-refractivity contribution in [2.24, 2.45) is 0 Å². The number of hydrogen-bond donors (Lipinski definition) is 0. The van der Waals surface area contributed by atoms with Crippen molar-refractivity contribution in [1.29, 1.82) is 0 Å². The molecule has 0 aliphatic heterocycles. The van der Waals surface area contributed by atoms with Gasteiger partial charge >= 0.3 is 0 Å².